The lowest BCUT2D eigenvalue weighted by molar-refractivity contribution is -0.129. The molecule has 7 aromatic heterocycles. The summed E-state index contributed by atoms with van der Waals surface area (Å²) in [6, 6.07) is 30.8. The number of hydrogen-bond donors (Lipinski definition) is 3. The van der Waals surface area contributed by atoms with Crippen LogP contribution in [0.25, 0.3) is 0 Å². The topological polar surface area (TPSA) is 261 Å². The first-order valence-corrected chi connectivity index (χ1v) is 56.7. The van der Waals surface area contributed by atoms with Gasteiger partial charge in [0.05, 0.1) is 91.5 Å². The summed E-state index contributed by atoms with van der Waals surface area (Å²) in [6.07, 6.45) is 4.14. The molecule has 18 heterocycles. The van der Waals surface area contributed by atoms with E-state index in [2.05, 4.69) is 300 Å². The highest BCUT2D eigenvalue weighted by Gasteiger charge is 2.38. The van der Waals surface area contributed by atoms with Crippen molar-refractivity contribution in [3.63, 3.8) is 0 Å². The zero-order valence-electron chi connectivity index (χ0n) is 97.5. The van der Waals surface area contributed by atoms with Gasteiger partial charge in [-0.05, 0) is 219 Å². The fourth-order valence-corrected chi connectivity index (χ4v) is 20.7. The van der Waals surface area contributed by atoms with E-state index in [1.807, 2.05) is 48.8 Å². The molecular weight excluding hydrogens is 1880 g/mol. The molecule has 1 amide bonds. The van der Waals surface area contributed by atoms with E-state index in [0.29, 0.717) is 97.9 Å². The Morgan fingerprint density at radius 2 is 0.567 bits per heavy atom. The van der Waals surface area contributed by atoms with Crippen LogP contribution in [-0.2, 0) is 52.8 Å². The standard InChI is InChI=1S/2C18H31N3O2.3C17H27N3O.C16H26N4O.C16H25N3O/c2*1-13(2)14-7-8-16(15(19-14)11-20(5)6)21-9-10-23-17(12-21)18(3,4)22;3*1-13(2)16-5-4-15(14-6-11-21-12-14)17(18-16)20-9-7-19(3)8-10-20;1-12(2)13-6-7-15(14(17-13)10-18(3)4)20-9-8-19(5)16(21)11-20;1-12(2)15-4-3-14(13-5-10-20-11-13)16(18-15)19-8-6-17-7-9-19/h2*7-8,13,17,22H,9-12H2,1-6H3;3*4-5,13-14H,6-12H2,1-3H3;6-7,12H,8-11H2,1-5H3;3-4,12-13,17H,5-11H2,1-2H3/t2*17-;2*14-;;;/m1010.../s1. The highest BCUT2D eigenvalue weighted by atomic mass is 16.5. The average Bonchev–Trinajstić information content (AvgIpc) is 1.51. The summed E-state index contributed by atoms with van der Waals surface area (Å²) in [5.41, 5.74) is 18.7. The van der Waals surface area contributed by atoms with Crippen molar-refractivity contribution in [2.75, 3.05) is 321 Å². The Bertz CT molecular complexity index is 4920. The number of carbonyl (C=O) groups excluding carboxylic acids is 1. The van der Waals surface area contributed by atoms with E-state index in [0.717, 1.165) is 280 Å². The van der Waals surface area contributed by atoms with Gasteiger partial charge >= 0.3 is 0 Å². The van der Waals surface area contributed by atoms with Crippen molar-refractivity contribution in [3.05, 3.63) is 164 Å². The Morgan fingerprint density at radius 3 is 0.807 bits per heavy atom. The molecule has 3 N–H and O–H groups in total. The largest absolute Gasteiger partial charge is 0.388 e. The molecule has 7 aromatic rings. The van der Waals surface area contributed by atoms with Gasteiger partial charge in [0.2, 0.25) is 5.91 Å². The number of nitrogens with zero attached hydrogens (tertiary/aromatic N) is 21. The summed E-state index contributed by atoms with van der Waals surface area (Å²) in [6.45, 7) is 71.0. The molecule has 0 saturated carbocycles. The molecule has 11 aliphatic heterocycles. The molecule has 11 aliphatic rings. The van der Waals surface area contributed by atoms with Crippen LogP contribution in [0.5, 0.6) is 0 Å². The minimum Gasteiger partial charge on any atom is -0.388 e. The Labute approximate surface area is 903 Å². The summed E-state index contributed by atoms with van der Waals surface area (Å²) >= 11 is 0. The maximum absolute atomic E-state index is 11.9. The SMILES string of the molecule is CC(C)c1ccc(C2CCOC2)c(N2CCN(C)CC2)n1.CC(C)c1ccc(C2CCOC2)c(N2CCNCC2)n1.CC(C)c1ccc(N2CCN(C)C(=O)C2)c(CN(C)C)n1.CC(C)c1ccc(N2CCO[C@@H](C(C)(C)O)C2)c(CN(C)C)n1.CC(C)c1ccc(N2CCO[C@H](C(C)(C)O)C2)c(CN(C)C)n1.CC(C)c1ccc([C@@H]2CCOC2)c(N2CCN(C)CC2)n1.CC(C)c1ccc([C@H]2CCOC2)c(N2CCN(C)CC2)n1. The van der Waals surface area contributed by atoms with Crippen molar-refractivity contribution in [2.24, 2.45) is 0 Å². The number of nitrogens with one attached hydrogen (secondary N) is 1. The summed E-state index contributed by atoms with van der Waals surface area (Å²) in [7, 11) is 20.8. The Balaban J connectivity index is 0.000000155. The van der Waals surface area contributed by atoms with Gasteiger partial charge < -0.3 is 113 Å². The van der Waals surface area contributed by atoms with Crippen LogP contribution in [0, 0.1) is 0 Å². The molecular formula is C119H194N22O9. The maximum atomic E-state index is 11.9. The van der Waals surface area contributed by atoms with E-state index in [1.165, 1.54) is 68.3 Å². The second-order valence-electron chi connectivity index (χ2n) is 47.5. The van der Waals surface area contributed by atoms with Crippen molar-refractivity contribution < 1.29 is 43.4 Å². The molecule has 150 heavy (non-hydrogen) atoms. The monoisotopic (exact) mass is 2080 g/mol. The second kappa shape index (κ2) is 57.3. The van der Waals surface area contributed by atoms with Gasteiger partial charge in [0.15, 0.2) is 0 Å². The van der Waals surface area contributed by atoms with Crippen molar-refractivity contribution in [2.45, 2.75) is 258 Å². The normalized spacial score (nSPS) is 21.5. The molecule has 18 rings (SSSR count). The van der Waals surface area contributed by atoms with Gasteiger partial charge in [0, 0.05) is 283 Å². The minimum absolute atomic E-state index is 0.171. The van der Waals surface area contributed by atoms with Crippen molar-refractivity contribution in [1.29, 1.82) is 0 Å². The van der Waals surface area contributed by atoms with Crippen LogP contribution >= 0.6 is 0 Å². The number of rotatable bonds is 26. The van der Waals surface area contributed by atoms with Crippen LogP contribution < -0.4 is 39.6 Å². The first-order chi connectivity index (χ1) is 71.4. The van der Waals surface area contributed by atoms with Crippen LogP contribution in [0.2, 0.25) is 0 Å². The van der Waals surface area contributed by atoms with Crippen LogP contribution in [-0.4, -0.2) is 396 Å². The van der Waals surface area contributed by atoms with Crippen LogP contribution in [0.4, 0.5) is 40.3 Å². The molecule has 0 aromatic carbocycles. The number of pyridine rings is 7. The number of likely N-dealkylation sites (N-methyl/N-ethyl adjacent to an activating group) is 4. The third kappa shape index (κ3) is 34.8. The second-order valence-corrected chi connectivity index (χ2v) is 47.5. The number of amides is 1. The molecule has 0 radical (unpaired) electrons. The van der Waals surface area contributed by atoms with E-state index in [4.69, 9.17) is 63.3 Å². The highest BCUT2D eigenvalue weighted by Crippen LogP contribution is 2.41. The summed E-state index contributed by atoms with van der Waals surface area (Å²) in [4.78, 5) is 78.5. The summed E-state index contributed by atoms with van der Waals surface area (Å²) in [5.74, 6) is 10.2. The number of piperazine rings is 5. The number of morpholine rings is 2. The zero-order chi connectivity index (χ0) is 108. The third-order valence-electron chi connectivity index (χ3n) is 30.7. The van der Waals surface area contributed by atoms with Crippen molar-refractivity contribution in [3.8, 4) is 0 Å². The van der Waals surface area contributed by atoms with E-state index in [9.17, 15) is 15.0 Å². The van der Waals surface area contributed by atoms with Gasteiger partial charge in [0.1, 0.15) is 35.5 Å². The molecule has 11 saturated heterocycles. The lowest BCUT2D eigenvalue weighted by Gasteiger charge is -2.40. The fraction of sp³-hybridized carbons (Fsp3) is 0.697. The average molecular weight is 2080 g/mol. The van der Waals surface area contributed by atoms with Gasteiger partial charge in [0.25, 0.3) is 0 Å². The Morgan fingerprint density at radius 1 is 0.320 bits per heavy atom. The van der Waals surface area contributed by atoms with Gasteiger partial charge in [-0.3, -0.25) is 19.7 Å². The van der Waals surface area contributed by atoms with Gasteiger partial charge in [-0.15, -0.1) is 0 Å². The predicted octanol–water partition coefficient (Wildman–Crippen LogP) is 15.5. The first-order valence-electron chi connectivity index (χ1n) is 56.7. The molecule has 31 nitrogen and oxygen atoms in total. The molecule has 0 bridgehead atoms. The van der Waals surface area contributed by atoms with Crippen LogP contribution in [0.3, 0.4) is 0 Å². The zero-order valence-corrected chi connectivity index (χ0v) is 97.5. The number of carbonyl (C=O) groups is 1. The van der Waals surface area contributed by atoms with Crippen molar-refractivity contribution >= 4 is 46.2 Å². The number of aliphatic hydroxyl groups is 2. The lowest BCUT2D eigenvalue weighted by Crippen LogP contribution is -2.52. The predicted molar refractivity (Wildman–Crippen MR) is 614 cm³/mol. The first kappa shape index (κ1) is 120. The number of aromatic nitrogens is 7. The number of hydrogen-bond acceptors (Lipinski definition) is 30. The Kier molecular flexibility index (Phi) is 45.9. The highest BCUT2D eigenvalue weighted by molar-refractivity contribution is 5.83. The van der Waals surface area contributed by atoms with Gasteiger partial charge in [-0.25, -0.2) is 19.9 Å². The molecule has 6 atom stereocenters. The summed E-state index contributed by atoms with van der Waals surface area (Å²) in [5, 5.41) is 23.9. The molecule has 11 fully saturated rings. The van der Waals surface area contributed by atoms with Gasteiger partial charge in [-0.1, -0.05) is 121 Å². The third-order valence-corrected chi connectivity index (χ3v) is 30.7. The fourth-order valence-electron chi connectivity index (χ4n) is 20.7. The molecule has 834 valence electrons. The smallest absolute Gasteiger partial charge is 0.241 e. The lowest BCUT2D eigenvalue weighted by atomic mass is 9.97. The van der Waals surface area contributed by atoms with Crippen LogP contribution in [0.15, 0.2) is 84.9 Å². The van der Waals surface area contributed by atoms with E-state index < -0.39 is 11.2 Å². The minimum atomic E-state index is -0.842. The number of ether oxygens (including phenoxy) is 6. The van der Waals surface area contributed by atoms with Crippen molar-refractivity contribution in [1.82, 2.24) is 74.5 Å². The molecule has 31 heteroatoms. The number of anilines is 7. The van der Waals surface area contributed by atoms with Crippen LogP contribution in [0.1, 0.15) is 295 Å². The molecule has 0 spiro atoms. The maximum Gasteiger partial charge on any atom is 0.241 e. The van der Waals surface area contributed by atoms with E-state index in [-0.39, 0.29) is 18.1 Å². The van der Waals surface area contributed by atoms with E-state index in [1.54, 1.807) is 4.90 Å². The quantitative estimate of drug-likeness (QED) is 0.0455. The molecule has 2 unspecified atom stereocenters. The van der Waals surface area contributed by atoms with E-state index >= 15 is 0 Å². The molecule has 0 aliphatic carbocycles. The summed E-state index contributed by atoms with van der Waals surface area (Å²) < 4.78 is 33.9. The van der Waals surface area contributed by atoms with Gasteiger partial charge in [-0.2, -0.15) is 0 Å². The Hall–Kier alpha value is -8.48.